The summed E-state index contributed by atoms with van der Waals surface area (Å²) >= 11 is 3.03. The van der Waals surface area contributed by atoms with E-state index >= 15 is 0 Å². The number of hydrogen-bond acceptors (Lipinski definition) is 9. The number of carbonyl (C=O) groups is 4. The minimum Gasteiger partial charge on any atom is -0.475 e. The molecule has 0 saturated carbocycles. The number of carboxylic acid groups (broad SMARTS) is 1. The fourth-order valence-corrected chi connectivity index (χ4v) is 4.51. The van der Waals surface area contributed by atoms with Crippen LogP contribution < -0.4 is 21.3 Å². The predicted octanol–water partition coefficient (Wildman–Crippen LogP) is 3.84. The van der Waals surface area contributed by atoms with E-state index in [1.165, 1.54) is 24.4 Å². The van der Waals surface area contributed by atoms with Crippen LogP contribution in [0.4, 0.5) is 36.4 Å². The van der Waals surface area contributed by atoms with Crippen molar-refractivity contribution in [2.75, 3.05) is 32.1 Å². The van der Waals surface area contributed by atoms with Gasteiger partial charge in [0.05, 0.1) is 62.2 Å². The summed E-state index contributed by atoms with van der Waals surface area (Å²) in [5, 5.41) is 25.2. The molecule has 13 nitrogen and oxygen atoms in total. The first kappa shape index (κ1) is 37.5. The van der Waals surface area contributed by atoms with Gasteiger partial charge < -0.3 is 31.1 Å². The van der Waals surface area contributed by atoms with Crippen molar-refractivity contribution in [3.63, 3.8) is 0 Å². The number of H-pyrrole nitrogens is 1. The number of aromatic amines is 1. The summed E-state index contributed by atoms with van der Waals surface area (Å²) in [6, 6.07) is 4.87. The van der Waals surface area contributed by atoms with Crippen LogP contribution in [0.1, 0.15) is 33.9 Å². The topological polar surface area (TPSA) is 187 Å². The molecule has 1 aliphatic rings. The number of fused-ring (bicyclic) bond motifs is 1. The number of aliphatic carboxylic acids is 1. The molecule has 2 amide bonds. The fraction of sp³-hybridized carbons (Fsp3) is 0.333. The number of alkyl halides is 7. The van der Waals surface area contributed by atoms with E-state index in [0.717, 1.165) is 19.2 Å². The van der Waals surface area contributed by atoms with E-state index in [9.17, 15) is 45.1 Å². The third-order valence-electron chi connectivity index (χ3n) is 6.25. The standard InChI is InChI=1S/C25H24BrF4N7O4.C2HF3O2/c1-41-22(39)7-18(12-2-14(25(28,29)30)6-15(26)3-12)35-21(38)11-31-23(40)13-4-19(17-10-34-37-20(17)5-13)36-24-32-8-16(27)9-33-24;3-2(4,5)1(6)7/h2-6,10,16,18H,7-9,11H2,1H3,(H,31,40)(H,34,37)(H,35,38)(H2,32,33,36);(H,6,7)/t18-;/m0./s1. The Balaban J connectivity index is 0.000000804. The van der Waals surface area contributed by atoms with E-state index in [1.807, 2.05) is 0 Å². The first-order chi connectivity index (χ1) is 22.4. The number of benzene rings is 2. The molecule has 4 rings (SSSR count). The molecule has 0 fully saturated rings. The van der Waals surface area contributed by atoms with E-state index in [-0.39, 0.29) is 28.7 Å². The van der Waals surface area contributed by atoms with Crippen molar-refractivity contribution in [1.29, 1.82) is 0 Å². The average Bonchev–Trinajstić information content (AvgIpc) is 3.49. The van der Waals surface area contributed by atoms with Gasteiger partial charge in [-0.15, -0.1) is 0 Å². The lowest BCUT2D eigenvalue weighted by Gasteiger charge is -2.20. The minimum absolute atomic E-state index is 0.00973. The second-order valence-corrected chi connectivity index (χ2v) is 10.7. The number of hydrogen-bond donors (Lipinski definition) is 6. The van der Waals surface area contributed by atoms with Gasteiger partial charge in [-0.25, -0.2) is 14.2 Å². The summed E-state index contributed by atoms with van der Waals surface area (Å²) < 4.78 is 89.9. The predicted molar refractivity (Wildman–Crippen MR) is 158 cm³/mol. The lowest BCUT2D eigenvalue weighted by atomic mass is 10.0. The highest BCUT2D eigenvalue weighted by atomic mass is 79.9. The molecule has 48 heavy (non-hydrogen) atoms. The van der Waals surface area contributed by atoms with Crippen LogP contribution in [0.15, 0.2) is 46.0 Å². The van der Waals surface area contributed by atoms with Crippen LogP contribution in [0, 0.1) is 0 Å². The highest BCUT2D eigenvalue weighted by molar-refractivity contribution is 9.10. The van der Waals surface area contributed by atoms with Crippen molar-refractivity contribution >= 4 is 62.2 Å². The van der Waals surface area contributed by atoms with Crippen molar-refractivity contribution < 1.29 is 59.8 Å². The van der Waals surface area contributed by atoms with Gasteiger partial charge in [0.25, 0.3) is 5.91 Å². The maximum atomic E-state index is 13.4. The number of esters is 1. The van der Waals surface area contributed by atoms with Gasteiger partial charge in [0.15, 0.2) is 5.96 Å². The quantitative estimate of drug-likeness (QED) is 0.147. The van der Waals surface area contributed by atoms with Crippen LogP contribution in [0.2, 0.25) is 0 Å². The molecule has 0 bridgehead atoms. The summed E-state index contributed by atoms with van der Waals surface area (Å²) in [4.78, 5) is 50.6. The van der Waals surface area contributed by atoms with Crippen molar-refractivity contribution in [2.45, 2.75) is 31.0 Å². The van der Waals surface area contributed by atoms with Crippen molar-refractivity contribution in [2.24, 2.45) is 4.99 Å². The Labute approximate surface area is 273 Å². The van der Waals surface area contributed by atoms with Crippen molar-refractivity contribution in [3.8, 4) is 0 Å². The molecule has 2 aromatic carbocycles. The third kappa shape index (κ3) is 10.8. The van der Waals surface area contributed by atoms with Gasteiger partial charge in [-0.3, -0.25) is 19.5 Å². The highest BCUT2D eigenvalue weighted by Gasteiger charge is 2.38. The Bertz CT molecular complexity index is 1700. The molecule has 0 saturated heterocycles. The Morgan fingerprint density at radius 1 is 1.10 bits per heavy atom. The summed E-state index contributed by atoms with van der Waals surface area (Å²) in [5.41, 5.74) is 0.123. The zero-order valence-electron chi connectivity index (χ0n) is 24.4. The normalized spacial score (nSPS) is 15.2. The largest absolute Gasteiger partial charge is 0.490 e. The van der Waals surface area contributed by atoms with Gasteiger partial charge in [0.2, 0.25) is 5.91 Å². The maximum Gasteiger partial charge on any atom is 0.490 e. The van der Waals surface area contributed by atoms with E-state index in [2.05, 4.69) is 57.1 Å². The number of guanidine groups is 1. The number of carboxylic acids is 1. The molecule has 0 spiro atoms. The van der Waals surface area contributed by atoms with Gasteiger partial charge >= 0.3 is 24.3 Å². The number of nitrogens with one attached hydrogen (secondary N) is 5. The minimum atomic E-state index is -5.08. The second kappa shape index (κ2) is 15.8. The van der Waals surface area contributed by atoms with Gasteiger partial charge in [0, 0.05) is 15.4 Å². The lowest BCUT2D eigenvalue weighted by molar-refractivity contribution is -0.192. The van der Waals surface area contributed by atoms with E-state index < -0.39 is 66.8 Å². The Kier molecular flexibility index (Phi) is 12.3. The maximum absolute atomic E-state index is 13.4. The number of anilines is 1. The van der Waals surface area contributed by atoms with Gasteiger partial charge in [0.1, 0.15) is 6.17 Å². The van der Waals surface area contributed by atoms with Crippen LogP contribution in [0.25, 0.3) is 10.9 Å². The Hall–Kier alpha value is -4.95. The molecule has 1 aliphatic heterocycles. The number of halogens is 8. The molecule has 6 N–H and O–H groups in total. The van der Waals surface area contributed by atoms with Crippen LogP contribution in [0.5, 0.6) is 0 Å². The second-order valence-electron chi connectivity index (χ2n) is 9.80. The summed E-state index contributed by atoms with van der Waals surface area (Å²) in [6.07, 6.45) is -9.77. The average molecular weight is 756 g/mol. The zero-order chi connectivity index (χ0) is 35.8. The van der Waals surface area contributed by atoms with Crippen LogP contribution in [-0.4, -0.2) is 84.1 Å². The molecule has 2 heterocycles. The number of aliphatic imine (C=N–C) groups is 1. The third-order valence-corrected chi connectivity index (χ3v) is 6.71. The lowest BCUT2D eigenvalue weighted by Crippen LogP contribution is -2.41. The molecular formula is C27H25BrF7N7O6. The zero-order valence-corrected chi connectivity index (χ0v) is 25.9. The van der Waals surface area contributed by atoms with E-state index in [1.54, 1.807) is 0 Å². The Morgan fingerprint density at radius 3 is 2.38 bits per heavy atom. The van der Waals surface area contributed by atoms with Gasteiger partial charge in [-0.05, 0) is 35.9 Å². The van der Waals surface area contributed by atoms with Gasteiger partial charge in [-0.2, -0.15) is 31.4 Å². The molecule has 0 aliphatic carbocycles. The number of nitrogens with zero attached hydrogens (tertiary/aromatic N) is 2. The van der Waals surface area contributed by atoms with Crippen molar-refractivity contribution in [1.82, 2.24) is 26.1 Å². The van der Waals surface area contributed by atoms with Crippen molar-refractivity contribution in [3.05, 3.63) is 57.7 Å². The molecule has 21 heteroatoms. The monoisotopic (exact) mass is 755 g/mol. The molecule has 0 radical (unpaired) electrons. The van der Waals surface area contributed by atoms with Crippen LogP contribution in [-0.2, 0) is 25.3 Å². The molecule has 1 unspecified atom stereocenters. The molecular weight excluding hydrogens is 731 g/mol. The van der Waals surface area contributed by atoms with Crippen LogP contribution in [0.3, 0.4) is 0 Å². The highest BCUT2D eigenvalue weighted by Crippen LogP contribution is 2.34. The number of aromatic nitrogens is 2. The number of rotatable bonds is 8. The fourth-order valence-electron chi connectivity index (χ4n) is 4.00. The summed E-state index contributed by atoms with van der Waals surface area (Å²) in [6.45, 7) is -0.496. The Morgan fingerprint density at radius 2 is 1.79 bits per heavy atom. The first-order valence-electron chi connectivity index (χ1n) is 13.4. The molecule has 1 aromatic heterocycles. The molecule has 260 valence electrons. The number of amides is 2. The number of ether oxygens (including phenoxy) is 1. The van der Waals surface area contributed by atoms with E-state index in [4.69, 9.17) is 9.90 Å². The van der Waals surface area contributed by atoms with Crippen LogP contribution >= 0.6 is 15.9 Å². The van der Waals surface area contributed by atoms with Gasteiger partial charge in [-0.1, -0.05) is 15.9 Å². The summed E-state index contributed by atoms with van der Waals surface area (Å²) in [7, 11) is 1.11. The SMILES string of the molecule is COC(=O)C[C@H](NC(=O)CNC(=O)c1cc(NC2=NCC(F)CN2)c2cn[nH]c2c1)c1cc(Br)cc(C(F)(F)F)c1.O=C(O)C(F)(F)F. The number of methoxy groups -OCH3 is 1. The summed E-state index contributed by atoms with van der Waals surface area (Å²) in [5.74, 6) is -4.61. The smallest absolute Gasteiger partial charge is 0.475 e. The van der Waals surface area contributed by atoms with E-state index in [0.29, 0.717) is 22.5 Å². The molecule has 2 atom stereocenters. The number of carbonyl (C=O) groups excluding carboxylic acids is 3. The molecule has 3 aromatic rings. The first-order valence-corrected chi connectivity index (χ1v) is 14.1.